The first-order valence-electron chi connectivity index (χ1n) is 11.9. The highest BCUT2D eigenvalue weighted by atomic mass is 79.9. The Morgan fingerprint density at radius 2 is 1.81 bits per heavy atom. The lowest BCUT2D eigenvalue weighted by Gasteiger charge is -2.37. The Kier molecular flexibility index (Phi) is 6.76. The molecule has 0 aliphatic carbocycles. The van der Waals surface area contributed by atoms with Crippen LogP contribution in [0.4, 0.5) is 11.5 Å². The van der Waals surface area contributed by atoms with Crippen LogP contribution in [0.5, 0.6) is 0 Å². The second kappa shape index (κ2) is 9.84. The summed E-state index contributed by atoms with van der Waals surface area (Å²) in [5, 5.41) is 7.69. The summed E-state index contributed by atoms with van der Waals surface area (Å²) in [5.41, 5.74) is 3.04. The van der Waals surface area contributed by atoms with Crippen LogP contribution in [-0.2, 0) is 16.6 Å². The number of nitrogens with one attached hydrogen (secondary N) is 2. The molecule has 8 nitrogen and oxygen atoms in total. The first kappa shape index (κ1) is 24.7. The summed E-state index contributed by atoms with van der Waals surface area (Å²) in [4.78, 5) is 11.8. The van der Waals surface area contributed by atoms with Crippen LogP contribution in [0, 0.1) is 6.92 Å². The Labute approximate surface area is 219 Å². The van der Waals surface area contributed by atoms with Crippen LogP contribution in [0.15, 0.2) is 70.3 Å². The van der Waals surface area contributed by atoms with E-state index < -0.39 is 10.0 Å². The molecule has 4 aromatic rings. The van der Waals surface area contributed by atoms with E-state index in [2.05, 4.69) is 50.3 Å². The number of rotatable bonds is 6. The van der Waals surface area contributed by atoms with Crippen molar-refractivity contribution < 1.29 is 8.42 Å². The number of pyridine rings is 2. The van der Waals surface area contributed by atoms with Gasteiger partial charge in [0.05, 0.1) is 22.5 Å². The topological polar surface area (TPSA) is 92.2 Å². The zero-order valence-corrected chi connectivity index (χ0v) is 22.8. The van der Waals surface area contributed by atoms with Crippen LogP contribution in [0.25, 0.3) is 11.0 Å². The summed E-state index contributed by atoms with van der Waals surface area (Å²) < 4.78 is 28.6. The van der Waals surface area contributed by atoms with Gasteiger partial charge in [-0.3, -0.25) is 0 Å². The van der Waals surface area contributed by atoms with Crippen molar-refractivity contribution in [1.82, 2.24) is 19.3 Å². The number of fused-ring (bicyclic) bond motifs is 1. The summed E-state index contributed by atoms with van der Waals surface area (Å²) in [6, 6.07) is 15.5. The van der Waals surface area contributed by atoms with E-state index in [1.807, 2.05) is 31.2 Å². The highest BCUT2D eigenvalue weighted by molar-refractivity contribution is 9.10. The maximum Gasteiger partial charge on any atom is 0.269 e. The minimum absolute atomic E-state index is 0.218. The fourth-order valence-corrected chi connectivity index (χ4v) is 6.73. The third-order valence-electron chi connectivity index (χ3n) is 6.32. The number of hydrogen-bond acceptors (Lipinski definition) is 7. The lowest BCUT2D eigenvalue weighted by Crippen LogP contribution is -2.54. The number of piperazine rings is 1. The molecule has 1 aliphatic heterocycles. The van der Waals surface area contributed by atoms with Crippen molar-refractivity contribution in [2.45, 2.75) is 44.3 Å². The predicted octanol–water partition coefficient (Wildman–Crippen LogP) is 4.54. The van der Waals surface area contributed by atoms with E-state index in [4.69, 9.17) is 4.98 Å². The molecule has 10 heteroatoms. The van der Waals surface area contributed by atoms with Gasteiger partial charge < -0.3 is 15.5 Å². The quantitative estimate of drug-likeness (QED) is 0.353. The highest BCUT2D eigenvalue weighted by Crippen LogP contribution is 2.33. The van der Waals surface area contributed by atoms with E-state index in [-0.39, 0.29) is 4.90 Å². The number of benzene rings is 1. The van der Waals surface area contributed by atoms with E-state index >= 15 is 0 Å². The second-order valence-corrected chi connectivity index (χ2v) is 12.0. The summed E-state index contributed by atoms with van der Waals surface area (Å²) in [6.07, 6.45) is 3.18. The van der Waals surface area contributed by atoms with Gasteiger partial charge in [0.25, 0.3) is 10.0 Å². The van der Waals surface area contributed by atoms with Crippen molar-refractivity contribution in [2.75, 3.05) is 23.3 Å². The molecule has 36 heavy (non-hydrogen) atoms. The molecule has 188 valence electrons. The number of aromatic nitrogens is 3. The lowest BCUT2D eigenvalue weighted by molar-refractivity contribution is 0.405. The monoisotopic (exact) mass is 568 g/mol. The van der Waals surface area contributed by atoms with Crippen molar-refractivity contribution in [3.05, 3.63) is 76.7 Å². The van der Waals surface area contributed by atoms with Crippen molar-refractivity contribution in [1.29, 1.82) is 0 Å². The summed E-state index contributed by atoms with van der Waals surface area (Å²) in [6.45, 7) is 8.61. The Bertz CT molecular complexity index is 1490. The molecule has 4 heterocycles. The largest absolute Gasteiger partial charge is 0.379 e. The molecule has 2 N–H and O–H groups in total. The van der Waals surface area contributed by atoms with Crippen molar-refractivity contribution in [3.8, 4) is 0 Å². The molecule has 1 aromatic carbocycles. The fourth-order valence-electron chi connectivity index (χ4n) is 4.68. The van der Waals surface area contributed by atoms with Crippen molar-refractivity contribution in [3.63, 3.8) is 0 Å². The molecule has 5 rings (SSSR count). The smallest absolute Gasteiger partial charge is 0.269 e. The molecule has 1 fully saturated rings. The Morgan fingerprint density at radius 3 is 2.53 bits per heavy atom. The van der Waals surface area contributed by atoms with E-state index in [1.165, 1.54) is 3.97 Å². The van der Waals surface area contributed by atoms with Gasteiger partial charge in [0, 0.05) is 47.7 Å². The first-order chi connectivity index (χ1) is 17.2. The van der Waals surface area contributed by atoms with Crippen LogP contribution in [0.3, 0.4) is 0 Å². The molecule has 0 bridgehead atoms. The molecule has 1 aliphatic rings. The molecule has 0 amide bonds. The molecule has 0 unspecified atom stereocenters. The molecule has 3 aromatic heterocycles. The molecular formula is C26H29BrN6O2S. The Balaban J connectivity index is 1.42. The van der Waals surface area contributed by atoms with Crippen molar-refractivity contribution in [2.24, 2.45) is 0 Å². The Hall–Kier alpha value is -2.95. The minimum atomic E-state index is -3.80. The van der Waals surface area contributed by atoms with E-state index in [1.54, 1.807) is 36.7 Å². The van der Waals surface area contributed by atoms with Gasteiger partial charge in [-0.1, -0.05) is 23.8 Å². The number of aryl methyl sites for hydroxylation is 1. The van der Waals surface area contributed by atoms with Gasteiger partial charge in [-0.25, -0.2) is 22.4 Å². The molecule has 0 saturated carbocycles. The summed E-state index contributed by atoms with van der Waals surface area (Å²) in [7, 11) is -3.80. The molecule has 1 saturated heterocycles. The zero-order chi connectivity index (χ0) is 25.4. The SMILES string of the molecule is Cc1ccc(S(=O)(=O)n2cc(Br)c3c(NCc4cccc(N5C[C@@H](C)N[C@@H](C)C5)n4)ccnc32)cc1. The van der Waals surface area contributed by atoms with Gasteiger partial charge in [0.1, 0.15) is 5.82 Å². The number of halogens is 1. The van der Waals surface area contributed by atoms with Gasteiger partial charge in [0.15, 0.2) is 5.65 Å². The molecule has 2 atom stereocenters. The van der Waals surface area contributed by atoms with E-state index in [9.17, 15) is 8.42 Å². The number of anilines is 2. The average Bonchev–Trinajstić information content (AvgIpc) is 3.20. The fraction of sp³-hybridized carbons (Fsp3) is 0.308. The zero-order valence-electron chi connectivity index (χ0n) is 20.4. The second-order valence-electron chi connectivity index (χ2n) is 9.36. The minimum Gasteiger partial charge on any atom is -0.379 e. The molecular weight excluding hydrogens is 540 g/mol. The summed E-state index contributed by atoms with van der Waals surface area (Å²) >= 11 is 3.55. The summed E-state index contributed by atoms with van der Waals surface area (Å²) in [5.74, 6) is 0.964. The van der Waals surface area contributed by atoms with Gasteiger partial charge in [-0.15, -0.1) is 0 Å². The van der Waals surface area contributed by atoms with E-state index in [0.29, 0.717) is 34.1 Å². The molecule has 0 radical (unpaired) electrons. The maximum atomic E-state index is 13.4. The van der Waals surface area contributed by atoms with Crippen molar-refractivity contribution >= 4 is 48.5 Å². The predicted molar refractivity (Wildman–Crippen MR) is 147 cm³/mol. The van der Waals surface area contributed by atoms with Gasteiger partial charge in [-0.05, 0) is 67.0 Å². The van der Waals surface area contributed by atoms with E-state index in [0.717, 1.165) is 35.9 Å². The third-order valence-corrected chi connectivity index (χ3v) is 8.59. The first-order valence-corrected chi connectivity index (χ1v) is 14.1. The maximum absolute atomic E-state index is 13.4. The average molecular weight is 570 g/mol. The van der Waals surface area contributed by atoms with Gasteiger partial charge in [-0.2, -0.15) is 0 Å². The van der Waals surface area contributed by atoms with Crippen LogP contribution in [0.1, 0.15) is 25.1 Å². The number of hydrogen-bond donors (Lipinski definition) is 2. The Morgan fingerprint density at radius 1 is 1.08 bits per heavy atom. The van der Waals surface area contributed by atoms with Crippen LogP contribution < -0.4 is 15.5 Å². The van der Waals surface area contributed by atoms with Gasteiger partial charge in [0.2, 0.25) is 0 Å². The van der Waals surface area contributed by atoms with Crippen LogP contribution in [-0.4, -0.2) is 47.5 Å². The standard InChI is InChI=1S/C26H29BrN6O2S/c1-17-7-9-21(10-8-17)36(34,35)33-16-22(27)25-23(11-12-28-26(25)33)29-13-20-5-4-6-24(31-20)32-14-18(2)30-19(3)15-32/h4-12,16,18-19,30H,13-15H2,1-3H3,(H,28,29)/t18-,19+. The van der Waals surface area contributed by atoms with Crippen LogP contribution in [0.2, 0.25) is 0 Å². The van der Waals surface area contributed by atoms with Gasteiger partial charge >= 0.3 is 0 Å². The third kappa shape index (κ3) is 4.85. The normalized spacial score (nSPS) is 18.5. The number of nitrogens with zero attached hydrogens (tertiary/aromatic N) is 4. The molecule has 0 spiro atoms. The lowest BCUT2D eigenvalue weighted by atomic mass is 10.1. The highest BCUT2D eigenvalue weighted by Gasteiger charge is 2.24. The van der Waals surface area contributed by atoms with Crippen LogP contribution >= 0.6 is 15.9 Å².